The first-order valence-corrected chi connectivity index (χ1v) is 7.19. The first kappa shape index (κ1) is 17.1. The van der Waals surface area contributed by atoms with Gasteiger partial charge in [0, 0.05) is 23.6 Å². The summed E-state index contributed by atoms with van der Waals surface area (Å²) < 4.78 is 4.70. The molecule has 1 amide bonds. The summed E-state index contributed by atoms with van der Waals surface area (Å²) in [5, 5.41) is 13.7. The number of nitro groups is 1. The molecule has 2 aromatic rings. The Morgan fingerprint density at radius 2 is 1.75 bits per heavy atom. The lowest BCUT2D eigenvalue weighted by Gasteiger charge is -2.16. The minimum atomic E-state index is -1.02. The topological polar surface area (TPSA) is 98.5 Å². The second-order valence-corrected chi connectivity index (χ2v) is 5.01. The highest BCUT2D eigenvalue weighted by molar-refractivity contribution is 5.96. The Labute approximate surface area is 138 Å². The maximum absolute atomic E-state index is 12.2. The second kappa shape index (κ2) is 7.87. The number of para-hydroxylation sites is 1. The van der Waals surface area contributed by atoms with Gasteiger partial charge in [-0.2, -0.15) is 0 Å². The lowest BCUT2D eigenvalue weighted by Crippen LogP contribution is -2.43. The van der Waals surface area contributed by atoms with E-state index in [-0.39, 0.29) is 12.1 Å². The molecule has 0 saturated heterocycles. The van der Waals surface area contributed by atoms with E-state index < -0.39 is 22.8 Å². The van der Waals surface area contributed by atoms with Crippen molar-refractivity contribution in [3.8, 4) is 0 Å². The number of hydrogen-bond acceptors (Lipinski definition) is 5. The van der Waals surface area contributed by atoms with Gasteiger partial charge in [-0.3, -0.25) is 14.9 Å². The van der Waals surface area contributed by atoms with Crippen LogP contribution < -0.4 is 5.32 Å². The molecule has 0 aliphatic carbocycles. The van der Waals surface area contributed by atoms with Gasteiger partial charge in [-0.25, -0.2) is 4.79 Å². The quantitative estimate of drug-likeness (QED) is 0.497. The zero-order chi connectivity index (χ0) is 17.5. The van der Waals surface area contributed by atoms with Gasteiger partial charge in [0.05, 0.1) is 12.0 Å². The summed E-state index contributed by atoms with van der Waals surface area (Å²) >= 11 is 0. The fourth-order valence-electron chi connectivity index (χ4n) is 2.25. The lowest BCUT2D eigenvalue weighted by molar-refractivity contribution is -0.385. The van der Waals surface area contributed by atoms with Crippen molar-refractivity contribution >= 4 is 17.6 Å². The zero-order valence-electron chi connectivity index (χ0n) is 13.0. The Morgan fingerprint density at radius 1 is 1.12 bits per heavy atom. The Balaban J connectivity index is 2.22. The van der Waals surface area contributed by atoms with Crippen molar-refractivity contribution in [2.75, 3.05) is 7.11 Å². The summed E-state index contributed by atoms with van der Waals surface area (Å²) in [4.78, 5) is 34.8. The van der Waals surface area contributed by atoms with Crippen LogP contribution in [0.25, 0.3) is 0 Å². The predicted molar refractivity (Wildman–Crippen MR) is 86.5 cm³/mol. The Morgan fingerprint density at radius 3 is 2.38 bits per heavy atom. The Hall–Kier alpha value is -3.22. The van der Waals surface area contributed by atoms with E-state index in [9.17, 15) is 19.7 Å². The number of carbonyl (C=O) groups excluding carboxylic acids is 2. The Bertz CT molecular complexity index is 746. The van der Waals surface area contributed by atoms with Gasteiger partial charge < -0.3 is 10.1 Å². The SMILES string of the molecule is COC(=O)[C@H](Cc1ccccc1[N+](=O)[O-])NC(=O)c1ccccc1. The van der Waals surface area contributed by atoms with Crippen LogP contribution in [0.3, 0.4) is 0 Å². The molecule has 1 atom stereocenters. The van der Waals surface area contributed by atoms with Gasteiger partial charge >= 0.3 is 5.97 Å². The van der Waals surface area contributed by atoms with E-state index >= 15 is 0 Å². The summed E-state index contributed by atoms with van der Waals surface area (Å²) in [7, 11) is 1.20. The molecule has 7 nitrogen and oxygen atoms in total. The second-order valence-electron chi connectivity index (χ2n) is 5.01. The molecule has 1 N–H and O–H groups in total. The third-order valence-corrected chi connectivity index (χ3v) is 3.44. The van der Waals surface area contributed by atoms with E-state index in [1.54, 1.807) is 42.5 Å². The largest absolute Gasteiger partial charge is 0.467 e. The van der Waals surface area contributed by atoms with Crippen LogP contribution in [0.2, 0.25) is 0 Å². The first-order chi connectivity index (χ1) is 11.5. The average Bonchev–Trinajstić information content (AvgIpc) is 2.61. The van der Waals surface area contributed by atoms with Gasteiger partial charge in [-0.1, -0.05) is 36.4 Å². The van der Waals surface area contributed by atoms with E-state index in [0.29, 0.717) is 11.1 Å². The maximum atomic E-state index is 12.2. The number of esters is 1. The molecule has 0 aliphatic rings. The van der Waals surface area contributed by atoms with Gasteiger partial charge in [-0.15, -0.1) is 0 Å². The van der Waals surface area contributed by atoms with Gasteiger partial charge in [0.15, 0.2) is 0 Å². The van der Waals surface area contributed by atoms with E-state index in [1.165, 1.54) is 19.2 Å². The molecule has 7 heteroatoms. The molecule has 124 valence electrons. The van der Waals surface area contributed by atoms with Crippen LogP contribution in [0, 0.1) is 10.1 Å². The number of hydrogen-bond donors (Lipinski definition) is 1. The number of nitro benzene ring substituents is 1. The predicted octanol–water partition coefficient (Wildman–Crippen LogP) is 2.11. The minimum Gasteiger partial charge on any atom is -0.467 e. The number of nitrogens with zero attached hydrogens (tertiary/aromatic N) is 1. The fraction of sp³-hybridized carbons (Fsp3) is 0.176. The Kier molecular flexibility index (Phi) is 5.62. The third kappa shape index (κ3) is 4.16. The number of benzene rings is 2. The summed E-state index contributed by atoms with van der Waals surface area (Å²) in [5.74, 6) is -1.12. The fourth-order valence-corrected chi connectivity index (χ4v) is 2.25. The van der Waals surface area contributed by atoms with Crippen LogP contribution in [0.5, 0.6) is 0 Å². The van der Waals surface area contributed by atoms with Gasteiger partial charge in [0.25, 0.3) is 11.6 Å². The smallest absolute Gasteiger partial charge is 0.328 e. The molecule has 0 radical (unpaired) electrons. The third-order valence-electron chi connectivity index (χ3n) is 3.44. The summed E-state index contributed by atoms with van der Waals surface area (Å²) in [6.07, 6.45) is -0.0393. The van der Waals surface area contributed by atoms with Crippen LogP contribution in [0.1, 0.15) is 15.9 Å². The molecule has 0 fully saturated rings. The minimum absolute atomic E-state index is 0.0393. The van der Waals surface area contributed by atoms with Crippen molar-refractivity contribution in [1.29, 1.82) is 0 Å². The first-order valence-electron chi connectivity index (χ1n) is 7.19. The van der Waals surface area contributed by atoms with E-state index in [2.05, 4.69) is 5.32 Å². The monoisotopic (exact) mass is 328 g/mol. The molecule has 0 aromatic heterocycles. The lowest BCUT2D eigenvalue weighted by atomic mass is 10.0. The number of ether oxygens (including phenoxy) is 1. The van der Waals surface area contributed by atoms with Crippen molar-refractivity contribution in [3.05, 3.63) is 75.8 Å². The maximum Gasteiger partial charge on any atom is 0.328 e. The number of methoxy groups -OCH3 is 1. The van der Waals surface area contributed by atoms with Crippen molar-refractivity contribution in [1.82, 2.24) is 5.32 Å². The zero-order valence-corrected chi connectivity index (χ0v) is 13.0. The average molecular weight is 328 g/mol. The van der Waals surface area contributed by atoms with E-state index in [4.69, 9.17) is 4.74 Å². The summed E-state index contributed by atoms with van der Waals surface area (Å²) in [5.41, 5.74) is 0.612. The number of amides is 1. The molecule has 0 spiro atoms. The van der Waals surface area contributed by atoms with Crippen LogP contribution in [-0.2, 0) is 16.0 Å². The highest BCUT2D eigenvalue weighted by Gasteiger charge is 2.25. The number of carbonyl (C=O) groups is 2. The van der Waals surface area contributed by atoms with Gasteiger partial charge in [-0.05, 0) is 12.1 Å². The van der Waals surface area contributed by atoms with Crippen LogP contribution in [0.4, 0.5) is 5.69 Å². The summed E-state index contributed by atoms with van der Waals surface area (Å²) in [6, 6.07) is 13.4. The number of nitrogens with one attached hydrogen (secondary N) is 1. The highest BCUT2D eigenvalue weighted by atomic mass is 16.6. The van der Waals surface area contributed by atoms with Crippen molar-refractivity contribution < 1.29 is 19.2 Å². The van der Waals surface area contributed by atoms with Gasteiger partial charge in [0.2, 0.25) is 0 Å². The molecule has 24 heavy (non-hydrogen) atoms. The van der Waals surface area contributed by atoms with Crippen LogP contribution in [-0.4, -0.2) is 30.0 Å². The molecule has 2 aromatic carbocycles. The molecule has 0 unspecified atom stereocenters. The van der Waals surface area contributed by atoms with Gasteiger partial charge in [0.1, 0.15) is 6.04 Å². The van der Waals surface area contributed by atoms with E-state index in [1.807, 2.05) is 0 Å². The van der Waals surface area contributed by atoms with Crippen LogP contribution >= 0.6 is 0 Å². The molecule has 0 saturated carbocycles. The number of rotatable bonds is 6. The van der Waals surface area contributed by atoms with Crippen molar-refractivity contribution in [2.24, 2.45) is 0 Å². The van der Waals surface area contributed by atoms with Crippen molar-refractivity contribution in [3.63, 3.8) is 0 Å². The van der Waals surface area contributed by atoms with Crippen LogP contribution in [0.15, 0.2) is 54.6 Å². The normalized spacial score (nSPS) is 11.4. The summed E-state index contributed by atoms with van der Waals surface area (Å²) in [6.45, 7) is 0. The molecule has 0 bridgehead atoms. The van der Waals surface area contributed by atoms with E-state index in [0.717, 1.165) is 0 Å². The molecule has 0 aliphatic heterocycles. The molecular formula is C17H16N2O5. The molecule has 0 heterocycles. The highest BCUT2D eigenvalue weighted by Crippen LogP contribution is 2.19. The molecule has 2 rings (SSSR count). The standard InChI is InChI=1S/C17H16N2O5/c1-24-17(21)14(18-16(20)12-7-3-2-4-8-12)11-13-9-5-6-10-15(13)19(22)23/h2-10,14H,11H2,1H3,(H,18,20)/t14-/m0/s1. The molecular weight excluding hydrogens is 312 g/mol. The van der Waals surface area contributed by atoms with Crippen molar-refractivity contribution in [2.45, 2.75) is 12.5 Å².